The van der Waals surface area contributed by atoms with Crippen LogP contribution in [0.1, 0.15) is 11.3 Å². The molecule has 0 aliphatic rings. The highest BCUT2D eigenvalue weighted by molar-refractivity contribution is 5.21. The maximum atomic E-state index is 13.3. The Bertz CT molecular complexity index is 578. The van der Waals surface area contributed by atoms with E-state index in [1.54, 1.807) is 25.1 Å². The smallest absolute Gasteiger partial charge is 0.223 e. The summed E-state index contributed by atoms with van der Waals surface area (Å²) in [5.74, 6) is -0.144. The maximum absolute atomic E-state index is 13.3. The fourth-order valence-electron chi connectivity index (χ4n) is 1.44. The molecule has 2 rings (SSSR count). The minimum Gasteiger partial charge on any atom is -0.483 e. The average molecular weight is 233 g/mol. The summed E-state index contributed by atoms with van der Waals surface area (Å²) in [6.07, 6.45) is 1.48. The highest BCUT2D eigenvalue weighted by Crippen LogP contribution is 2.10. The number of hydrogen-bond acceptors (Lipinski definition) is 2. The van der Waals surface area contributed by atoms with Gasteiger partial charge in [0.2, 0.25) is 5.43 Å². The summed E-state index contributed by atoms with van der Waals surface area (Å²) in [6.45, 7) is 1.82. The first-order valence-electron chi connectivity index (χ1n) is 5.22. The Morgan fingerprint density at radius 1 is 1.35 bits per heavy atom. The van der Waals surface area contributed by atoms with Gasteiger partial charge in [-0.15, -0.1) is 0 Å². The molecule has 1 aromatic heterocycles. The lowest BCUT2D eigenvalue weighted by Gasteiger charge is -2.06. The van der Waals surface area contributed by atoms with E-state index in [-0.39, 0.29) is 23.6 Å². The molecule has 88 valence electrons. The molecule has 0 aliphatic carbocycles. The van der Waals surface area contributed by atoms with Gasteiger partial charge in [0.25, 0.3) is 0 Å². The fourth-order valence-corrected chi connectivity index (χ4v) is 1.44. The number of halogens is 1. The highest BCUT2D eigenvalue weighted by Gasteiger charge is 2.04. The van der Waals surface area contributed by atoms with Gasteiger partial charge in [-0.2, -0.15) is 0 Å². The summed E-state index contributed by atoms with van der Waals surface area (Å²) in [7, 11) is 0. The number of pyridine rings is 1. The third-order valence-corrected chi connectivity index (χ3v) is 2.36. The molecule has 17 heavy (non-hydrogen) atoms. The predicted molar refractivity (Wildman–Crippen MR) is 62.5 cm³/mol. The standard InChI is InChI=1S/C13H12FNO2/c1-9-6-12(16)13(7-15-9)17-8-10-4-2-3-5-11(10)14/h2-7H,8H2,1H3,(H,15,16). The zero-order valence-electron chi connectivity index (χ0n) is 9.37. The normalized spacial score (nSPS) is 10.2. The van der Waals surface area contributed by atoms with Crippen molar-refractivity contribution in [3.63, 3.8) is 0 Å². The molecule has 0 bridgehead atoms. The largest absolute Gasteiger partial charge is 0.483 e. The molecule has 3 nitrogen and oxygen atoms in total. The van der Waals surface area contributed by atoms with E-state index in [1.165, 1.54) is 18.3 Å². The lowest BCUT2D eigenvalue weighted by molar-refractivity contribution is 0.296. The van der Waals surface area contributed by atoms with Crippen LogP contribution in [0, 0.1) is 12.7 Å². The Morgan fingerprint density at radius 3 is 2.82 bits per heavy atom. The molecule has 0 unspecified atom stereocenters. The van der Waals surface area contributed by atoms with Crippen LogP contribution in [0.2, 0.25) is 0 Å². The van der Waals surface area contributed by atoms with Gasteiger partial charge in [-0.3, -0.25) is 4.79 Å². The van der Waals surface area contributed by atoms with E-state index in [0.717, 1.165) is 5.69 Å². The number of rotatable bonds is 3. The number of aryl methyl sites for hydroxylation is 1. The number of benzene rings is 1. The number of nitrogens with one attached hydrogen (secondary N) is 1. The Kier molecular flexibility index (Phi) is 3.23. The van der Waals surface area contributed by atoms with Crippen LogP contribution in [0.25, 0.3) is 0 Å². The highest BCUT2D eigenvalue weighted by atomic mass is 19.1. The lowest BCUT2D eigenvalue weighted by atomic mass is 10.2. The lowest BCUT2D eigenvalue weighted by Crippen LogP contribution is -2.09. The first-order chi connectivity index (χ1) is 8.16. The van der Waals surface area contributed by atoms with Gasteiger partial charge in [-0.05, 0) is 13.0 Å². The Labute approximate surface area is 97.9 Å². The summed E-state index contributed by atoms with van der Waals surface area (Å²) >= 11 is 0. The fraction of sp³-hybridized carbons (Fsp3) is 0.154. The van der Waals surface area contributed by atoms with Crippen molar-refractivity contribution in [3.8, 4) is 5.75 Å². The molecule has 0 radical (unpaired) electrons. The van der Waals surface area contributed by atoms with Crippen LogP contribution in [0.3, 0.4) is 0 Å². The maximum Gasteiger partial charge on any atom is 0.223 e. The SMILES string of the molecule is Cc1cc(=O)c(OCc2ccccc2F)c[nH]1. The van der Waals surface area contributed by atoms with Crippen molar-refractivity contribution in [2.24, 2.45) is 0 Å². The first-order valence-corrected chi connectivity index (χ1v) is 5.22. The third-order valence-electron chi connectivity index (χ3n) is 2.36. The molecule has 0 atom stereocenters. The van der Waals surface area contributed by atoms with Crippen LogP contribution in [0.4, 0.5) is 4.39 Å². The third kappa shape index (κ3) is 2.72. The second kappa shape index (κ2) is 4.82. The number of hydrogen-bond donors (Lipinski definition) is 1. The van der Waals surface area contributed by atoms with Gasteiger partial charge < -0.3 is 9.72 Å². The molecule has 2 aromatic rings. The van der Waals surface area contributed by atoms with Gasteiger partial charge in [0.1, 0.15) is 12.4 Å². The van der Waals surface area contributed by atoms with Gasteiger partial charge in [0, 0.05) is 23.5 Å². The molecule has 4 heteroatoms. The summed E-state index contributed by atoms with van der Waals surface area (Å²) < 4.78 is 18.6. The number of ether oxygens (including phenoxy) is 1. The van der Waals surface area contributed by atoms with Crippen molar-refractivity contribution in [1.82, 2.24) is 4.98 Å². The van der Waals surface area contributed by atoms with Crippen molar-refractivity contribution < 1.29 is 9.13 Å². The van der Waals surface area contributed by atoms with Gasteiger partial charge >= 0.3 is 0 Å². The molecular weight excluding hydrogens is 221 g/mol. The summed E-state index contributed by atoms with van der Waals surface area (Å²) in [4.78, 5) is 14.4. The molecular formula is C13H12FNO2. The molecule has 0 aliphatic heterocycles. The van der Waals surface area contributed by atoms with E-state index in [4.69, 9.17) is 4.74 Å². The molecule has 0 saturated heterocycles. The van der Waals surface area contributed by atoms with Crippen molar-refractivity contribution >= 4 is 0 Å². The number of H-pyrrole nitrogens is 1. The van der Waals surface area contributed by atoms with Gasteiger partial charge in [-0.1, -0.05) is 18.2 Å². The average Bonchev–Trinajstić information content (AvgIpc) is 2.30. The molecule has 0 saturated carbocycles. The van der Waals surface area contributed by atoms with Crippen LogP contribution in [-0.4, -0.2) is 4.98 Å². The van der Waals surface area contributed by atoms with E-state index in [1.807, 2.05) is 0 Å². The predicted octanol–water partition coefficient (Wildman–Crippen LogP) is 2.40. The van der Waals surface area contributed by atoms with E-state index in [2.05, 4.69) is 4.98 Å². The molecule has 0 spiro atoms. The van der Waals surface area contributed by atoms with E-state index in [9.17, 15) is 9.18 Å². The van der Waals surface area contributed by atoms with E-state index in [0.29, 0.717) is 5.56 Å². The summed E-state index contributed by atoms with van der Waals surface area (Å²) in [6, 6.07) is 7.76. The van der Waals surface area contributed by atoms with Crippen molar-refractivity contribution in [3.05, 3.63) is 63.8 Å². The second-order valence-corrected chi connectivity index (χ2v) is 3.72. The van der Waals surface area contributed by atoms with Gasteiger partial charge in [-0.25, -0.2) is 4.39 Å². The van der Waals surface area contributed by atoms with Crippen molar-refractivity contribution in [2.75, 3.05) is 0 Å². The Hall–Kier alpha value is -2.10. The molecule has 0 amide bonds. The second-order valence-electron chi connectivity index (χ2n) is 3.72. The van der Waals surface area contributed by atoms with E-state index >= 15 is 0 Å². The van der Waals surface area contributed by atoms with Crippen LogP contribution in [-0.2, 0) is 6.61 Å². The monoisotopic (exact) mass is 233 g/mol. The molecule has 1 aromatic carbocycles. The Morgan fingerprint density at radius 2 is 2.12 bits per heavy atom. The van der Waals surface area contributed by atoms with Gasteiger partial charge in [0.05, 0.1) is 0 Å². The van der Waals surface area contributed by atoms with Crippen LogP contribution >= 0.6 is 0 Å². The minimum absolute atomic E-state index is 0.0405. The molecule has 1 N–H and O–H groups in total. The van der Waals surface area contributed by atoms with Crippen LogP contribution in [0.15, 0.2) is 41.3 Å². The van der Waals surface area contributed by atoms with Crippen LogP contribution in [0.5, 0.6) is 5.75 Å². The molecule has 1 heterocycles. The van der Waals surface area contributed by atoms with Crippen molar-refractivity contribution in [2.45, 2.75) is 13.5 Å². The molecule has 0 fully saturated rings. The van der Waals surface area contributed by atoms with Crippen LogP contribution < -0.4 is 10.2 Å². The minimum atomic E-state index is -0.337. The van der Waals surface area contributed by atoms with Crippen molar-refractivity contribution in [1.29, 1.82) is 0 Å². The zero-order chi connectivity index (χ0) is 12.3. The van der Waals surface area contributed by atoms with E-state index < -0.39 is 0 Å². The van der Waals surface area contributed by atoms with Gasteiger partial charge in [0.15, 0.2) is 5.75 Å². The first kappa shape index (κ1) is 11.4. The summed E-state index contributed by atoms with van der Waals surface area (Å²) in [5, 5.41) is 0. The summed E-state index contributed by atoms with van der Waals surface area (Å²) in [5.41, 5.74) is 0.971. The topological polar surface area (TPSA) is 42.1 Å². The Balaban J connectivity index is 2.13. The zero-order valence-corrected chi connectivity index (χ0v) is 9.37. The number of aromatic amines is 1. The quantitative estimate of drug-likeness (QED) is 0.884. The number of aromatic nitrogens is 1.